The second-order valence-electron chi connectivity index (χ2n) is 4.64. The lowest BCUT2D eigenvalue weighted by Crippen LogP contribution is -2.30. The largest absolute Gasteiger partial charge is 0.497 e. The van der Waals surface area contributed by atoms with Crippen LogP contribution in [0.15, 0.2) is 42.5 Å². The quantitative estimate of drug-likeness (QED) is 0.582. The number of pyridine rings is 1. The molecule has 0 fully saturated rings. The smallest absolute Gasteiger partial charge is 0.276 e. The van der Waals surface area contributed by atoms with E-state index in [4.69, 9.17) is 16.3 Å². The van der Waals surface area contributed by atoms with E-state index in [1.54, 1.807) is 25.3 Å². The number of halogens is 1. The fourth-order valence-corrected chi connectivity index (χ4v) is 3.13. The predicted molar refractivity (Wildman–Crippen MR) is 89.4 cm³/mol. The first-order valence-corrected chi connectivity index (χ1v) is 7.82. The van der Waals surface area contributed by atoms with E-state index in [0.717, 1.165) is 10.1 Å². The van der Waals surface area contributed by atoms with E-state index in [-0.39, 0.29) is 10.8 Å². The molecule has 2 amide bonds. The van der Waals surface area contributed by atoms with Crippen LogP contribution in [-0.2, 0) is 0 Å². The molecule has 0 aliphatic carbocycles. The van der Waals surface area contributed by atoms with Crippen LogP contribution in [0.2, 0.25) is 5.15 Å². The van der Waals surface area contributed by atoms with Gasteiger partial charge in [0.25, 0.3) is 11.8 Å². The summed E-state index contributed by atoms with van der Waals surface area (Å²) in [4.78, 5) is 28.6. The molecule has 0 aliphatic heterocycles. The number of aromatic nitrogens is 1. The van der Waals surface area contributed by atoms with E-state index >= 15 is 0 Å². The zero-order valence-corrected chi connectivity index (χ0v) is 13.6. The van der Waals surface area contributed by atoms with Gasteiger partial charge in [-0.15, -0.1) is 11.3 Å². The van der Waals surface area contributed by atoms with E-state index in [1.165, 1.54) is 17.4 Å². The zero-order valence-electron chi connectivity index (χ0n) is 12.0. The summed E-state index contributed by atoms with van der Waals surface area (Å²) >= 11 is 7.04. The first-order chi connectivity index (χ1) is 11.1. The molecule has 23 heavy (non-hydrogen) atoms. The van der Waals surface area contributed by atoms with Gasteiger partial charge in [-0.2, -0.15) is 0 Å². The normalized spacial score (nSPS) is 10.5. The lowest BCUT2D eigenvalue weighted by molar-refractivity contribution is 0.0848. The maximum Gasteiger partial charge on any atom is 0.276 e. The molecular formula is C16H11ClN2O3S. The van der Waals surface area contributed by atoms with Crippen LogP contribution in [0.25, 0.3) is 10.1 Å². The van der Waals surface area contributed by atoms with Gasteiger partial charge in [-0.3, -0.25) is 14.9 Å². The Bertz CT molecular complexity index is 907. The van der Waals surface area contributed by atoms with Crippen LogP contribution in [0.3, 0.4) is 0 Å². The van der Waals surface area contributed by atoms with Gasteiger partial charge in [0, 0.05) is 4.70 Å². The van der Waals surface area contributed by atoms with Gasteiger partial charge in [0.2, 0.25) is 0 Å². The highest BCUT2D eigenvalue weighted by Gasteiger charge is 2.16. The number of hydrogen-bond acceptors (Lipinski definition) is 5. The van der Waals surface area contributed by atoms with Crippen molar-refractivity contribution in [2.24, 2.45) is 0 Å². The molecule has 5 nitrogen and oxygen atoms in total. The van der Waals surface area contributed by atoms with Crippen LogP contribution in [0, 0.1) is 0 Å². The number of imide groups is 1. The highest BCUT2D eigenvalue weighted by Crippen LogP contribution is 2.28. The second kappa shape index (κ2) is 6.36. The average Bonchev–Trinajstić information content (AvgIpc) is 2.97. The molecule has 0 saturated carbocycles. The number of nitrogens with one attached hydrogen (secondary N) is 1. The van der Waals surface area contributed by atoms with E-state index in [0.29, 0.717) is 10.6 Å². The van der Waals surface area contributed by atoms with E-state index < -0.39 is 11.8 Å². The highest BCUT2D eigenvalue weighted by atomic mass is 35.5. The minimum atomic E-state index is -0.590. The van der Waals surface area contributed by atoms with Crippen molar-refractivity contribution >= 4 is 44.8 Å². The van der Waals surface area contributed by atoms with Gasteiger partial charge in [-0.1, -0.05) is 17.7 Å². The Morgan fingerprint density at radius 2 is 2.00 bits per heavy atom. The number of fused-ring (bicyclic) bond motifs is 1. The van der Waals surface area contributed by atoms with Crippen molar-refractivity contribution in [3.8, 4) is 5.75 Å². The van der Waals surface area contributed by atoms with Gasteiger partial charge < -0.3 is 4.74 Å². The van der Waals surface area contributed by atoms with Crippen LogP contribution in [0.5, 0.6) is 5.75 Å². The minimum absolute atomic E-state index is 0.0913. The van der Waals surface area contributed by atoms with Gasteiger partial charge in [0.15, 0.2) is 0 Å². The van der Waals surface area contributed by atoms with Crippen molar-refractivity contribution in [1.29, 1.82) is 0 Å². The number of thiophene rings is 1. The van der Waals surface area contributed by atoms with Gasteiger partial charge in [-0.05, 0) is 41.8 Å². The lowest BCUT2D eigenvalue weighted by atomic mass is 10.2. The summed E-state index contributed by atoms with van der Waals surface area (Å²) in [5.74, 6) is -0.356. The standard InChI is InChI=1S/C16H11ClN2O3S/c1-22-10-5-6-12-9(7-10)8-13(23-12)16(21)19-15(20)11-3-2-4-14(17)18-11/h2-8H,1H3,(H,19,20,21). The minimum Gasteiger partial charge on any atom is -0.497 e. The number of methoxy groups -OCH3 is 1. The summed E-state index contributed by atoms with van der Waals surface area (Å²) in [5, 5.41) is 3.39. The number of amides is 2. The molecule has 2 aromatic heterocycles. The van der Waals surface area contributed by atoms with Crippen molar-refractivity contribution in [2.45, 2.75) is 0 Å². The molecule has 3 rings (SSSR count). The molecule has 0 bridgehead atoms. The summed E-state index contributed by atoms with van der Waals surface area (Å²) < 4.78 is 6.09. The third-order valence-corrected chi connectivity index (χ3v) is 4.45. The Labute approximate surface area is 140 Å². The molecule has 3 aromatic rings. The zero-order chi connectivity index (χ0) is 16.4. The Balaban J connectivity index is 1.81. The van der Waals surface area contributed by atoms with Gasteiger partial charge in [0.05, 0.1) is 12.0 Å². The number of carbonyl (C=O) groups excluding carboxylic acids is 2. The third-order valence-electron chi connectivity index (χ3n) is 3.12. The molecule has 1 N–H and O–H groups in total. The van der Waals surface area contributed by atoms with Gasteiger partial charge in [0.1, 0.15) is 16.6 Å². The number of ether oxygens (including phenoxy) is 1. The maximum atomic E-state index is 12.2. The summed E-state index contributed by atoms with van der Waals surface area (Å²) in [6.07, 6.45) is 0. The number of nitrogens with zero attached hydrogens (tertiary/aromatic N) is 1. The molecule has 0 atom stereocenters. The Hall–Kier alpha value is -2.44. The molecule has 116 valence electrons. The number of carbonyl (C=O) groups is 2. The van der Waals surface area contributed by atoms with Crippen LogP contribution in [0.4, 0.5) is 0 Å². The van der Waals surface area contributed by atoms with E-state index in [1.807, 2.05) is 18.2 Å². The van der Waals surface area contributed by atoms with Gasteiger partial charge >= 0.3 is 0 Å². The average molecular weight is 347 g/mol. The van der Waals surface area contributed by atoms with E-state index in [9.17, 15) is 9.59 Å². The summed E-state index contributed by atoms with van der Waals surface area (Å²) in [6.45, 7) is 0. The Kier molecular flexibility index (Phi) is 4.27. The highest BCUT2D eigenvalue weighted by molar-refractivity contribution is 7.20. The molecule has 0 spiro atoms. The first-order valence-electron chi connectivity index (χ1n) is 6.62. The second-order valence-corrected chi connectivity index (χ2v) is 6.11. The van der Waals surface area contributed by atoms with Crippen molar-refractivity contribution in [3.05, 3.63) is 58.2 Å². The van der Waals surface area contributed by atoms with Crippen molar-refractivity contribution in [2.75, 3.05) is 7.11 Å². The molecule has 1 aromatic carbocycles. The molecule has 7 heteroatoms. The van der Waals surface area contributed by atoms with Crippen molar-refractivity contribution in [3.63, 3.8) is 0 Å². The number of hydrogen-bond donors (Lipinski definition) is 1. The maximum absolute atomic E-state index is 12.2. The van der Waals surface area contributed by atoms with Crippen LogP contribution in [0.1, 0.15) is 20.2 Å². The molecular weight excluding hydrogens is 336 g/mol. The van der Waals surface area contributed by atoms with Crippen molar-refractivity contribution < 1.29 is 14.3 Å². The van der Waals surface area contributed by atoms with E-state index in [2.05, 4.69) is 10.3 Å². The molecule has 0 unspecified atom stereocenters. The van der Waals surface area contributed by atoms with Crippen molar-refractivity contribution in [1.82, 2.24) is 10.3 Å². The van der Waals surface area contributed by atoms with Crippen LogP contribution >= 0.6 is 22.9 Å². The third kappa shape index (κ3) is 3.33. The predicted octanol–water partition coefficient (Wildman–Crippen LogP) is 3.53. The fraction of sp³-hybridized carbons (Fsp3) is 0.0625. The monoisotopic (exact) mass is 346 g/mol. The molecule has 2 heterocycles. The number of benzene rings is 1. The topological polar surface area (TPSA) is 68.3 Å². The van der Waals surface area contributed by atoms with Gasteiger partial charge in [-0.25, -0.2) is 4.98 Å². The molecule has 0 radical (unpaired) electrons. The van der Waals surface area contributed by atoms with Crippen LogP contribution in [-0.4, -0.2) is 23.9 Å². The first kappa shape index (κ1) is 15.5. The molecule has 0 aliphatic rings. The summed E-state index contributed by atoms with van der Waals surface area (Å²) in [5.41, 5.74) is 0.0913. The lowest BCUT2D eigenvalue weighted by Gasteiger charge is -2.01. The molecule has 0 saturated heterocycles. The summed E-state index contributed by atoms with van der Waals surface area (Å²) in [7, 11) is 1.58. The SMILES string of the molecule is COc1ccc2sc(C(=O)NC(=O)c3cccc(Cl)n3)cc2c1. The summed E-state index contributed by atoms with van der Waals surface area (Å²) in [6, 6.07) is 11.9. The Morgan fingerprint density at radius 3 is 2.74 bits per heavy atom. The number of rotatable bonds is 3. The van der Waals surface area contributed by atoms with Crippen LogP contribution < -0.4 is 10.1 Å². The Morgan fingerprint density at radius 1 is 1.17 bits per heavy atom. The fourth-order valence-electron chi connectivity index (χ4n) is 2.02.